The van der Waals surface area contributed by atoms with Crippen LogP contribution in [0.1, 0.15) is 24.8 Å². The van der Waals surface area contributed by atoms with E-state index < -0.39 is 0 Å². The summed E-state index contributed by atoms with van der Waals surface area (Å²) in [5.41, 5.74) is 2.16. The number of aromatic nitrogens is 3. The fraction of sp³-hybridized carbons (Fsp3) is 0.261. The van der Waals surface area contributed by atoms with Gasteiger partial charge in [-0.25, -0.2) is 0 Å². The van der Waals surface area contributed by atoms with Crippen LogP contribution < -0.4 is 5.32 Å². The highest BCUT2D eigenvalue weighted by Gasteiger charge is 2.16. The second-order valence-electron chi connectivity index (χ2n) is 6.82. The number of rotatable bonds is 10. The monoisotopic (exact) mass is 440 g/mol. The zero-order valence-electron chi connectivity index (χ0n) is 16.9. The number of nitrogens with one attached hydrogen (secondary N) is 1. The van der Waals surface area contributed by atoms with Gasteiger partial charge in [0.1, 0.15) is 0 Å². The summed E-state index contributed by atoms with van der Waals surface area (Å²) in [6.45, 7) is 7.13. The fourth-order valence-corrected chi connectivity index (χ4v) is 4.05. The molecule has 1 N–H and O–H groups in total. The molecule has 0 fully saturated rings. The standard InChI is InChI=1S/C23H25ClN4OS/c1-3-14-28-22(19-10-12-20(24)13-11-19)26-27-23(28)30-16-21(29)25-15-17(4-2)18-8-6-5-7-9-18/h3,5-13,17H,1,4,14-16H2,2H3,(H,25,29)/t17-/m0/s1. The Morgan fingerprint density at radius 3 is 2.60 bits per heavy atom. The molecular formula is C23H25ClN4OS. The average molecular weight is 441 g/mol. The summed E-state index contributed by atoms with van der Waals surface area (Å²) in [6, 6.07) is 17.7. The SMILES string of the molecule is C=CCn1c(SCC(=O)NC[C@H](CC)c2ccccc2)nnc1-c1ccc(Cl)cc1. The Kier molecular flexibility index (Phi) is 8.11. The molecule has 5 nitrogen and oxygen atoms in total. The molecule has 0 saturated heterocycles. The molecule has 0 radical (unpaired) electrons. The van der Waals surface area contributed by atoms with Crippen molar-refractivity contribution in [2.24, 2.45) is 0 Å². The molecule has 1 amide bonds. The number of hydrogen-bond donors (Lipinski definition) is 1. The molecule has 0 aliphatic heterocycles. The second kappa shape index (κ2) is 11.0. The zero-order chi connectivity index (χ0) is 21.3. The Bertz CT molecular complexity index is 973. The van der Waals surface area contributed by atoms with Crippen molar-refractivity contribution < 1.29 is 4.79 Å². The van der Waals surface area contributed by atoms with Gasteiger partial charge in [-0.3, -0.25) is 9.36 Å². The van der Waals surface area contributed by atoms with Crippen molar-refractivity contribution in [2.45, 2.75) is 31.0 Å². The van der Waals surface area contributed by atoms with Gasteiger partial charge in [0.05, 0.1) is 5.75 Å². The molecule has 0 bridgehead atoms. The smallest absolute Gasteiger partial charge is 0.230 e. The quantitative estimate of drug-likeness (QED) is 0.348. The minimum Gasteiger partial charge on any atom is -0.355 e. The minimum atomic E-state index is -0.0180. The van der Waals surface area contributed by atoms with Crippen molar-refractivity contribution in [1.82, 2.24) is 20.1 Å². The van der Waals surface area contributed by atoms with E-state index in [1.54, 1.807) is 6.08 Å². The van der Waals surface area contributed by atoms with Crippen LogP contribution in [0.2, 0.25) is 5.02 Å². The minimum absolute atomic E-state index is 0.0180. The molecule has 3 aromatic rings. The lowest BCUT2D eigenvalue weighted by atomic mass is 9.96. The first-order chi connectivity index (χ1) is 14.6. The highest BCUT2D eigenvalue weighted by atomic mass is 35.5. The van der Waals surface area contributed by atoms with Gasteiger partial charge >= 0.3 is 0 Å². The summed E-state index contributed by atoms with van der Waals surface area (Å²) in [7, 11) is 0. The maximum Gasteiger partial charge on any atom is 0.230 e. The molecule has 3 rings (SSSR count). The van der Waals surface area contributed by atoms with Crippen molar-refractivity contribution in [3.8, 4) is 11.4 Å². The van der Waals surface area contributed by atoms with E-state index in [4.69, 9.17) is 11.6 Å². The van der Waals surface area contributed by atoms with Gasteiger partial charge in [0.15, 0.2) is 11.0 Å². The summed E-state index contributed by atoms with van der Waals surface area (Å²) in [4.78, 5) is 12.4. The Labute approximate surface area is 186 Å². The first-order valence-electron chi connectivity index (χ1n) is 9.86. The Balaban J connectivity index is 1.61. The summed E-state index contributed by atoms with van der Waals surface area (Å²) < 4.78 is 1.95. The number of halogens is 1. The normalized spacial score (nSPS) is 11.8. The second-order valence-corrected chi connectivity index (χ2v) is 8.20. The highest BCUT2D eigenvalue weighted by molar-refractivity contribution is 7.99. The van der Waals surface area contributed by atoms with Gasteiger partial charge in [-0.15, -0.1) is 16.8 Å². The number of carbonyl (C=O) groups is 1. The zero-order valence-corrected chi connectivity index (χ0v) is 18.5. The lowest BCUT2D eigenvalue weighted by Gasteiger charge is -2.16. The van der Waals surface area contributed by atoms with E-state index in [0.29, 0.717) is 29.2 Å². The van der Waals surface area contributed by atoms with Crippen molar-refractivity contribution in [1.29, 1.82) is 0 Å². The first-order valence-corrected chi connectivity index (χ1v) is 11.2. The molecule has 7 heteroatoms. The van der Waals surface area contributed by atoms with Gasteiger partial charge < -0.3 is 5.32 Å². The molecule has 1 aromatic heterocycles. The molecule has 156 valence electrons. The van der Waals surface area contributed by atoms with Crippen molar-refractivity contribution in [2.75, 3.05) is 12.3 Å². The van der Waals surface area contributed by atoms with Gasteiger partial charge in [0.25, 0.3) is 0 Å². The van der Waals surface area contributed by atoms with E-state index in [1.165, 1.54) is 17.3 Å². The van der Waals surface area contributed by atoms with Crippen molar-refractivity contribution in [3.05, 3.63) is 77.8 Å². The molecule has 0 saturated carbocycles. The van der Waals surface area contributed by atoms with E-state index in [1.807, 2.05) is 47.0 Å². The van der Waals surface area contributed by atoms with Crippen LogP contribution in [0.25, 0.3) is 11.4 Å². The largest absolute Gasteiger partial charge is 0.355 e. The molecule has 1 atom stereocenters. The lowest BCUT2D eigenvalue weighted by molar-refractivity contribution is -0.118. The molecule has 2 aromatic carbocycles. The van der Waals surface area contributed by atoms with Gasteiger partial charge in [0.2, 0.25) is 5.91 Å². The van der Waals surface area contributed by atoms with Crippen LogP contribution in [-0.2, 0) is 11.3 Å². The third-order valence-corrected chi connectivity index (χ3v) is 5.99. The maximum atomic E-state index is 12.4. The van der Waals surface area contributed by atoms with Crippen LogP contribution in [0.5, 0.6) is 0 Å². The number of hydrogen-bond acceptors (Lipinski definition) is 4. The third kappa shape index (κ3) is 5.74. The number of amides is 1. The first kappa shape index (κ1) is 22.1. The Morgan fingerprint density at radius 2 is 1.93 bits per heavy atom. The van der Waals surface area contributed by atoms with Crippen LogP contribution >= 0.6 is 23.4 Å². The fourth-order valence-electron chi connectivity index (χ4n) is 3.14. The predicted molar refractivity (Wildman–Crippen MR) is 124 cm³/mol. The van der Waals surface area contributed by atoms with Crippen molar-refractivity contribution >= 4 is 29.3 Å². The molecule has 0 aliphatic rings. The van der Waals surface area contributed by atoms with Crippen LogP contribution in [0.3, 0.4) is 0 Å². The summed E-state index contributed by atoms with van der Waals surface area (Å²) in [5.74, 6) is 1.29. The van der Waals surface area contributed by atoms with Gasteiger partial charge in [-0.2, -0.15) is 0 Å². The highest BCUT2D eigenvalue weighted by Crippen LogP contribution is 2.25. The predicted octanol–water partition coefficient (Wildman–Crippen LogP) is 5.19. The number of nitrogens with zero attached hydrogens (tertiary/aromatic N) is 3. The van der Waals surface area contributed by atoms with Crippen LogP contribution in [0.4, 0.5) is 0 Å². The summed E-state index contributed by atoms with van der Waals surface area (Å²) in [5, 5.41) is 13.0. The molecule has 0 aliphatic carbocycles. The molecular weight excluding hydrogens is 416 g/mol. The van der Waals surface area contributed by atoms with Gasteiger partial charge in [-0.1, -0.05) is 66.7 Å². The molecule has 0 unspecified atom stereocenters. The maximum absolute atomic E-state index is 12.4. The van der Waals surface area contributed by atoms with Gasteiger partial charge in [0, 0.05) is 29.6 Å². The van der Waals surface area contributed by atoms with Crippen LogP contribution in [0.15, 0.2) is 72.4 Å². The van der Waals surface area contributed by atoms with E-state index >= 15 is 0 Å². The topological polar surface area (TPSA) is 59.8 Å². The van der Waals surface area contributed by atoms with Gasteiger partial charge in [-0.05, 0) is 36.2 Å². The Hall–Kier alpha value is -2.57. The average Bonchev–Trinajstić information content (AvgIpc) is 3.17. The van der Waals surface area contributed by atoms with Crippen molar-refractivity contribution in [3.63, 3.8) is 0 Å². The summed E-state index contributed by atoms with van der Waals surface area (Å²) >= 11 is 7.36. The third-order valence-electron chi connectivity index (χ3n) is 4.77. The number of benzene rings is 2. The molecule has 0 spiro atoms. The van der Waals surface area contributed by atoms with Crippen LogP contribution in [0, 0.1) is 0 Å². The lowest BCUT2D eigenvalue weighted by Crippen LogP contribution is -2.29. The number of carbonyl (C=O) groups excluding carboxylic acids is 1. The van der Waals surface area contributed by atoms with E-state index in [0.717, 1.165) is 17.8 Å². The van der Waals surface area contributed by atoms with E-state index in [-0.39, 0.29) is 11.7 Å². The van der Waals surface area contributed by atoms with Crippen LogP contribution in [-0.4, -0.2) is 33.0 Å². The summed E-state index contributed by atoms with van der Waals surface area (Å²) in [6.07, 6.45) is 2.76. The number of thioether (sulfide) groups is 1. The van der Waals surface area contributed by atoms with E-state index in [9.17, 15) is 4.79 Å². The number of allylic oxidation sites excluding steroid dienone is 1. The molecule has 1 heterocycles. The Morgan fingerprint density at radius 1 is 1.20 bits per heavy atom. The molecule has 30 heavy (non-hydrogen) atoms. The van der Waals surface area contributed by atoms with E-state index in [2.05, 4.69) is 41.1 Å².